The standard InChI is InChI=1S/C14H19BrFNO2S/c1-2-17-14(7-10-5-6-20(18,19)9-10)12-8-11(15)3-4-13(12)16/h3-4,8,10,14,17H,2,5-7,9H2,1H3. The fraction of sp³-hybridized carbons (Fsp3) is 0.571. The van der Waals surface area contributed by atoms with E-state index in [1.807, 2.05) is 6.92 Å². The molecule has 2 atom stereocenters. The van der Waals surface area contributed by atoms with E-state index in [0.717, 1.165) is 11.0 Å². The van der Waals surface area contributed by atoms with Gasteiger partial charge in [-0.2, -0.15) is 0 Å². The summed E-state index contributed by atoms with van der Waals surface area (Å²) in [5.74, 6) is 0.351. The Balaban J connectivity index is 2.17. The van der Waals surface area contributed by atoms with Crippen molar-refractivity contribution in [2.45, 2.75) is 25.8 Å². The molecule has 1 aliphatic rings. The summed E-state index contributed by atoms with van der Waals surface area (Å²) in [5, 5.41) is 3.27. The number of hydrogen-bond donors (Lipinski definition) is 1. The summed E-state index contributed by atoms with van der Waals surface area (Å²) in [5.41, 5.74) is 0.602. The maximum absolute atomic E-state index is 14.0. The monoisotopic (exact) mass is 363 g/mol. The van der Waals surface area contributed by atoms with Gasteiger partial charge in [0, 0.05) is 16.1 Å². The molecule has 1 saturated heterocycles. The predicted molar refractivity (Wildman–Crippen MR) is 81.9 cm³/mol. The molecule has 6 heteroatoms. The molecule has 0 aromatic heterocycles. The molecule has 2 unspecified atom stereocenters. The van der Waals surface area contributed by atoms with Crippen LogP contribution < -0.4 is 5.32 Å². The maximum Gasteiger partial charge on any atom is 0.150 e. The molecule has 0 radical (unpaired) electrons. The van der Waals surface area contributed by atoms with Crippen molar-refractivity contribution in [2.75, 3.05) is 18.1 Å². The molecule has 0 bridgehead atoms. The van der Waals surface area contributed by atoms with Crippen molar-refractivity contribution in [3.8, 4) is 0 Å². The summed E-state index contributed by atoms with van der Waals surface area (Å²) in [6.45, 7) is 2.68. The van der Waals surface area contributed by atoms with Crippen molar-refractivity contribution < 1.29 is 12.8 Å². The molecule has 20 heavy (non-hydrogen) atoms. The molecule has 3 nitrogen and oxygen atoms in total. The van der Waals surface area contributed by atoms with Gasteiger partial charge in [0.15, 0.2) is 9.84 Å². The zero-order chi connectivity index (χ0) is 14.8. The predicted octanol–water partition coefficient (Wildman–Crippen LogP) is 3.06. The van der Waals surface area contributed by atoms with Gasteiger partial charge in [0.05, 0.1) is 11.5 Å². The van der Waals surface area contributed by atoms with E-state index in [2.05, 4.69) is 21.2 Å². The third kappa shape index (κ3) is 4.02. The zero-order valence-corrected chi connectivity index (χ0v) is 13.8. The molecule has 1 aromatic rings. The lowest BCUT2D eigenvalue weighted by Gasteiger charge is -2.22. The first-order valence-corrected chi connectivity index (χ1v) is 9.41. The third-order valence-corrected chi connectivity index (χ3v) is 6.01. The molecule has 1 aromatic carbocycles. The average molecular weight is 364 g/mol. The van der Waals surface area contributed by atoms with Crippen molar-refractivity contribution in [1.82, 2.24) is 5.32 Å². The van der Waals surface area contributed by atoms with Crippen LogP contribution >= 0.6 is 15.9 Å². The summed E-state index contributed by atoms with van der Waals surface area (Å²) in [4.78, 5) is 0. The normalized spacial score (nSPS) is 22.9. The van der Waals surface area contributed by atoms with Crippen LogP contribution in [0.1, 0.15) is 31.4 Å². The fourth-order valence-corrected chi connectivity index (χ4v) is 5.00. The second kappa shape index (κ2) is 6.54. The summed E-state index contributed by atoms with van der Waals surface area (Å²) < 4.78 is 37.9. The van der Waals surface area contributed by atoms with Crippen LogP contribution in [0.4, 0.5) is 4.39 Å². The Labute approximate surface area is 128 Å². The number of halogens is 2. The molecular formula is C14H19BrFNO2S. The van der Waals surface area contributed by atoms with E-state index in [1.54, 1.807) is 12.1 Å². The highest BCUT2D eigenvalue weighted by molar-refractivity contribution is 9.10. The minimum atomic E-state index is -2.89. The molecule has 0 spiro atoms. The lowest BCUT2D eigenvalue weighted by atomic mass is 9.94. The van der Waals surface area contributed by atoms with Crippen LogP contribution in [-0.2, 0) is 9.84 Å². The molecule has 2 rings (SSSR count). The Morgan fingerprint density at radius 1 is 1.50 bits per heavy atom. The second-order valence-corrected chi connectivity index (χ2v) is 8.43. The van der Waals surface area contributed by atoms with E-state index in [4.69, 9.17) is 0 Å². The van der Waals surface area contributed by atoms with Gasteiger partial charge < -0.3 is 5.32 Å². The quantitative estimate of drug-likeness (QED) is 0.874. The summed E-state index contributed by atoms with van der Waals surface area (Å²) in [6.07, 6.45) is 1.33. The van der Waals surface area contributed by atoms with Crippen molar-refractivity contribution in [3.05, 3.63) is 34.1 Å². The van der Waals surface area contributed by atoms with Crippen molar-refractivity contribution in [1.29, 1.82) is 0 Å². The van der Waals surface area contributed by atoms with Crippen molar-refractivity contribution in [3.63, 3.8) is 0 Å². The molecule has 0 saturated carbocycles. The van der Waals surface area contributed by atoms with Gasteiger partial charge >= 0.3 is 0 Å². The molecule has 0 aliphatic carbocycles. The van der Waals surface area contributed by atoms with Crippen LogP contribution in [0.3, 0.4) is 0 Å². The Morgan fingerprint density at radius 3 is 2.85 bits per heavy atom. The maximum atomic E-state index is 14.0. The van der Waals surface area contributed by atoms with Gasteiger partial charge in [-0.3, -0.25) is 0 Å². The lowest BCUT2D eigenvalue weighted by molar-refractivity contribution is 0.409. The van der Waals surface area contributed by atoms with Gasteiger partial charge in [0.1, 0.15) is 5.82 Å². The molecule has 112 valence electrons. The first-order valence-electron chi connectivity index (χ1n) is 6.80. The van der Waals surface area contributed by atoms with Crippen LogP contribution in [0, 0.1) is 11.7 Å². The van der Waals surface area contributed by atoms with Crippen LogP contribution in [0.15, 0.2) is 22.7 Å². The van der Waals surface area contributed by atoms with Gasteiger partial charge in [-0.1, -0.05) is 22.9 Å². The Hall–Kier alpha value is -0.460. The van der Waals surface area contributed by atoms with Gasteiger partial charge in [0.25, 0.3) is 0 Å². The van der Waals surface area contributed by atoms with Crippen LogP contribution in [0.25, 0.3) is 0 Å². The lowest BCUT2D eigenvalue weighted by Crippen LogP contribution is -2.25. The number of hydrogen-bond acceptors (Lipinski definition) is 3. The molecule has 0 amide bonds. The van der Waals surface area contributed by atoms with Gasteiger partial charge in [-0.25, -0.2) is 12.8 Å². The molecular weight excluding hydrogens is 345 g/mol. The van der Waals surface area contributed by atoms with Gasteiger partial charge in [-0.05, 0) is 43.5 Å². The number of nitrogens with one attached hydrogen (secondary N) is 1. The Kier molecular flexibility index (Phi) is 5.20. The van der Waals surface area contributed by atoms with E-state index in [1.165, 1.54) is 6.07 Å². The third-order valence-electron chi connectivity index (χ3n) is 3.68. The molecule has 1 fully saturated rings. The molecule has 1 N–H and O–H groups in total. The highest BCUT2D eigenvalue weighted by atomic mass is 79.9. The SMILES string of the molecule is CCNC(CC1CCS(=O)(=O)C1)c1cc(Br)ccc1F. The molecule has 1 aliphatic heterocycles. The summed E-state index contributed by atoms with van der Waals surface area (Å²) in [7, 11) is -2.89. The second-order valence-electron chi connectivity index (χ2n) is 5.28. The van der Waals surface area contributed by atoms with Gasteiger partial charge in [-0.15, -0.1) is 0 Å². The van der Waals surface area contributed by atoms with Crippen molar-refractivity contribution in [2.24, 2.45) is 5.92 Å². The Morgan fingerprint density at radius 2 is 2.25 bits per heavy atom. The number of sulfone groups is 1. The minimum Gasteiger partial charge on any atom is -0.310 e. The van der Waals surface area contributed by atoms with Gasteiger partial charge in [0.2, 0.25) is 0 Å². The number of benzene rings is 1. The highest BCUT2D eigenvalue weighted by Gasteiger charge is 2.30. The Bertz CT molecular complexity index is 577. The van der Waals surface area contributed by atoms with E-state index >= 15 is 0 Å². The smallest absolute Gasteiger partial charge is 0.150 e. The summed E-state index contributed by atoms with van der Waals surface area (Å²) >= 11 is 3.36. The van der Waals surface area contributed by atoms with E-state index in [-0.39, 0.29) is 29.3 Å². The first kappa shape index (κ1) is 15.9. The molecule has 1 heterocycles. The first-order chi connectivity index (χ1) is 9.41. The van der Waals surface area contributed by atoms with E-state index in [9.17, 15) is 12.8 Å². The van der Waals surface area contributed by atoms with E-state index in [0.29, 0.717) is 18.4 Å². The van der Waals surface area contributed by atoms with Crippen molar-refractivity contribution >= 4 is 25.8 Å². The number of rotatable bonds is 5. The average Bonchev–Trinajstić information content (AvgIpc) is 2.71. The summed E-state index contributed by atoms with van der Waals surface area (Å²) in [6, 6.07) is 4.74. The topological polar surface area (TPSA) is 46.2 Å². The fourth-order valence-electron chi connectivity index (χ4n) is 2.74. The van der Waals surface area contributed by atoms with Crippen LogP contribution in [0.5, 0.6) is 0 Å². The highest BCUT2D eigenvalue weighted by Crippen LogP contribution is 2.31. The minimum absolute atomic E-state index is 0.113. The van der Waals surface area contributed by atoms with Crippen LogP contribution in [-0.4, -0.2) is 26.5 Å². The zero-order valence-electron chi connectivity index (χ0n) is 11.4. The largest absolute Gasteiger partial charge is 0.310 e. The van der Waals surface area contributed by atoms with Crippen LogP contribution in [0.2, 0.25) is 0 Å². The van der Waals surface area contributed by atoms with E-state index < -0.39 is 9.84 Å².